The van der Waals surface area contributed by atoms with E-state index in [4.69, 9.17) is 4.74 Å². The van der Waals surface area contributed by atoms with Gasteiger partial charge >= 0.3 is 5.97 Å². The summed E-state index contributed by atoms with van der Waals surface area (Å²) in [5.74, 6) is -1.28. The molecule has 0 fully saturated rings. The van der Waals surface area contributed by atoms with Crippen LogP contribution in [-0.4, -0.2) is 43.2 Å². The lowest BCUT2D eigenvalue weighted by atomic mass is 9.95. The summed E-state index contributed by atoms with van der Waals surface area (Å²) >= 11 is 0. The highest BCUT2D eigenvalue weighted by molar-refractivity contribution is 7.95. The van der Waals surface area contributed by atoms with E-state index < -0.39 is 21.7 Å². The highest BCUT2D eigenvalue weighted by Gasteiger charge is 2.36. The molecule has 0 aromatic heterocycles. The fourth-order valence-electron chi connectivity index (χ4n) is 3.76. The number of para-hydroxylation sites is 1. The van der Waals surface area contributed by atoms with Crippen LogP contribution in [0.2, 0.25) is 0 Å². The Morgan fingerprint density at radius 2 is 1.72 bits per heavy atom. The summed E-state index contributed by atoms with van der Waals surface area (Å²) in [7, 11) is -3.74. The Morgan fingerprint density at radius 1 is 1.12 bits per heavy atom. The van der Waals surface area contributed by atoms with Gasteiger partial charge in [-0.3, -0.25) is 4.79 Å². The van der Waals surface area contributed by atoms with Crippen molar-refractivity contribution in [3.05, 3.63) is 52.8 Å². The molecule has 1 aliphatic rings. The molecule has 1 aromatic carbocycles. The first-order valence-corrected chi connectivity index (χ1v) is 13.2. The number of allylic oxidation sites excluding steroid dienone is 1. The number of carboxylic acid groups (broad SMARTS) is 1. The molecule has 7 heteroatoms. The smallest absolute Gasteiger partial charge is 0.310 e. The van der Waals surface area contributed by atoms with Gasteiger partial charge in [0.25, 0.3) is 0 Å². The highest BCUT2D eigenvalue weighted by atomic mass is 32.2. The molecule has 1 atom stereocenters. The van der Waals surface area contributed by atoms with Crippen LogP contribution < -0.4 is 4.74 Å². The van der Waals surface area contributed by atoms with Crippen LogP contribution in [0.3, 0.4) is 0 Å². The first-order chi connectivity index (χ1) is 15.2. The van der Waals surface area contributed by atoms with Gasteiger partial charge in [0.2, 0.25) is 0 Å². The Hall–Kier alpha value is -2.28. The van der Waals surface area contributed by atoms with Gasteiger partial charge in [0.15, 0.2) is 15.6 Å². The van der Waals surface area contributed by atoms with Gasteiger partial charge in [-0.1, -0.05) is 58.7 Å². The topological polar surface area (TPSA) is 83.9 Å². The van der Waals surface area contributed by atoms with Crippen LogP contribution in [0, 0.1) is 11.8 Å². The molecule has 0 saturated carbocycles. The quantitative estimate of drug-likeness (QED) is 0.431. The molecular weight excluding hydrogens is 426 g/mol. The Balaban J connectivity index is 2.67. The molecule has 6 nitrogen and oxygen atoms in total. The summed E-state index contributed by atoms with van der Waals surface area (Å²) in [4.78, 5) is 14.1. The van der Waals surface area contributed by atoms with E-state index in [0.29, 0.717) is 11.4 Å². The van der Waals surface area contributed by atoms with Crippen molar-refractivity contribution in [2.75, 3.05) is 18.8 Å². The van der Waals surface area contributed by atoms with Crippen molar-refractivity contribution < 1.29 is 23.1 Å². The third kappa shape index (κ3) is 7.12. The van der Waals surface area contributed by atoms with Gasteiger partial charge in [0, 0.05) is 19.5 Å². The zero-order valence-corrected chi connectivity index (χ0v) is 20.5. The van der Waals surface area contributed by atoms with Gasteiger partial charge in [-0.25, -0.2) is 8.42 Å². The van der Waals surface area contributed by atoms with Crippen molar-refractivity contribution in [1.29, 1.82) is 0 Å². The van der Waals surface area contributed by atoms with Gasteiger partial charge in [0.05, 0.1) is 17.4 Å². The van der Waals surface area contributed by atoms with Crippen LogP contribution in [0.5, 0.6) is 5.75 Å². The molecule has 0 bridgehead atoms. The molecule has 0 aliphatic heterocycles. The molecule has 0 saturated heterocycles. The minimum atomic E-state index is -3.74. The van der Waals surface area contributed by atoms with Crippen molar-refractivity contribution in [3.63, 3.8) is 0 Å². The molecule has 0 radical (unpaired) electrons. The van der Waals surface area contributed by atoms with E-state index >= 15 is 0 Å². The summed E-state index contributed by atoms with van der Waals surface area (Å²) in [6, 6.07) is 9.09. The van der Waals surface area contributed by atoms with E-state index in [-0.39, 0.29) is 28.8 Å². The molecule has 2 rings (SSSR count). The second-order valence-corrected chi connectivity index (χ2v) is 10.7. The van der Waals surface area contributed by atoms with E-state index in [1.807, 2.05) is 32.0 Å². The third-order valence-corrected chi connectivity index (χ3v) is 7.46. The van der Waals surface area contributed by atoms with E-state index in [9.17, 15) is 18.3 Å². The Labute approximate surface area is 192 Å². The maximum Gasteiger partial charge on any atom is 0.310 e. The number of rotatable bonds is 13. The minimum Gasteiger partial charge on any atom is -0.481 e. The molecule has 0 amide bonds. The number of benzene rings is 1. The summed E-state index contributed by atoms with van der Waals surface area (Å²) in [6.07, 6.45) is 5.43. The predicted octanol–water partition coefficient (Wildman–Crippen LogP) is 5.24. The second-order valence-electron chi connectivity index (χ2n) is 8.74. The number of carbonyl (C=O) groups is 1. The van der Waals surface area contributed by atoms with E-state index in [1.165, 1.54) is 6.08 Å². The van der Waals surface area contributed by atoms with Crippen molar-refractivity contribution in [2.45, 2.75) is 59.8 Å². The molecule has 0 heterocycles. The average Bonchev–Trinajstić information content (AvgIpc) is 2.73. The van der Waals surface area contributed by atoms with Gasteiger partial charge in [-0.2, -0.15) is 0 Å². The molecule has 1 aromatic rings. The molecule has 0 spiro atoms. The molecule has 32 heavy (non-hydrogen) atoms. The standard InChI is InChI=1S/C25H37NO5S/c1-5-7-14-26(15-8-6-2)22-16-20(25(27)28)17-23(32(29,30)18-19(3)4)24(22)31-21-12-10-9-11-13-21/h9-13,17,19-20H,5-8,14-16,18H2,1-4H3,(H,27,28). The number of sulfone groups is 1. The van der Waals surface area contributed by atoms with Crippen molar-refractivity contribution in [1.82, 2.24) is 4.90 Å². The number of ether oxygens (including phenoxy) is 1. The first-order valence-electron chi connectivity index (χ1n) is 11.6. The lowest BCUT2D eigenvalue weighted by Crippen LogP contribution is -2.34. The summed E-state index contributed by atoms with van der Waals surface area (Å²) in [5.41, 5.74) is 0.674. The van der Waals surface area contributed by atoms with Crippen molar-refractivity contribution >= 4 is 15.8 Å². The number of aliphatic carboxylic acids is 1. The normalized spacial score (nSPS) is 16.8. The lowest BCUT2D eigenvalue weighted by molar-refractivity contribution is -0.140. The lowest BCUT2D eigenvalue weighted by Gasteiger charge is -2.34. The molecule has 1 aliphatic carbocycles. The molecular formula is C25H37NO5S. The second kappa shape index (κ2) is 12.1. The van der Waals surface area contributed by atoms with Crippen LogP contribution >= 0.6 is 0 Å². The number of nitrogens with zero attached hydrogens (tertiary/aromatic N) is 1. The number of unbranched alkanes of at least 4 members (excludes halogenated alkanes) is 2. The van der Waals surface area contributed by atoms with Gasteiger partial charge in [-0.05, 0) is 37.0 Å². The fourth-order valence-corrected chi connectivity index (χ4v) is 5.63. The van der Waals surface area contributed by atoms with Crippen molar-refractivity contribution in [3.8, 4) is 5.75 Å². The van der Waals surface area contributed by atoms with Gasteiger partial charge in [-0.15, -0.1) is 0 Å². The SMILES string of the molecule is CCCCN(CCCC)C1=C(Oc2ccccc2)C(S(=O)(=O)CC(C)C)=CC(C(=O)O)C1. The molecule has 178 valence electrons. The summed E-state index contributed by atoms with van der Waals surface area (Å²) in [6.45, 7) is 9.36. The minimum absolute atomic E-state index is 0.00157. The van der Waals surface area contributed by atoms with Gasteiger partial charge in [0.1, 0.15) is 10.7 Å². The number of hydrogen-bond donors (Lipinski definition) is 1. The molecule has 1 N–H and O–H groups in total. The summed E-state index contributed by atoms with van der Waals surface area (Å²) < 4.78 is 32.9. The van der Waals surface area contributed by atoms with E-state index in [2.05, 4.69) is 18.7 Å². The molecule has 1 unspecified atom stereocenters. The largest absolute Gasteiger partial charge is 0.481 e. The monoisotopic (exact) mass is 463 g/mol. The van der Waals surface area contributed by atoms with Crippen LogP contribution in [0.4, 0.5) is 0 Å². The average molecular weight is 464 g/mol. The number of hydrogen-bond acceptors (Lipinski definition) is 5. The maximum atomic E-state index is 13.4. The van der Waals surface area contributed by atoms with Crippen LogP contribution in [0.25, 0.3) is 0 Å². The van der Waals surface area contributed by atoms with Crippen LogP contribution in [-0.2, 0) is 14.6 Å². The number of carboxylic acids is 1. The van der Waals surface area contributed by atoms with Gasteiger partial charge < -0.3 is 14.7 Å². The first kappa shape index (κ1) is 26.0. The highest BCUT2D eigenvalue weighted by Crippen LogP contribution is 2.37. The third-order valence-electron chi connectivity index (χ3n) is 5.36. The van der Waals surface area contributed by atoms with E-state index in [0.717, 1.165) is 38.8 Å². The summed E-state index contributed by atoms with van der Waals surface area (Å²) in [5, 5.41) is 9.81. The Bertz CT molecular complexity index is 911. The Morgan fingerprint density at radius 3 is 2.22 bits per heavy atom. The maximum absolute atomic E-state index is 13.4. The van der Waals surface area contributed by atoms with Crippen molar-refractivity contribution in [2.24, 2.45) is 11.8 Å². The predicted molar refractivity (Wildman–Crippen MR) is 128 cm³/mol. The van der Waals surface area contributed by atoms with Crippen LogP contribution in [0.15, 0.2) is 52.8 Å². The fraction of sp³-hybridized carbons (Fsp3) is 0.560. The zero-order chi connectivity index (χ0) is 23.7. The Kier molecular flexibility index (Phi) is 9.82. The zero-order valence-electron chi connectivity index (χ0n) is 19.7. The van der Waals surface area contributed by atoms with E-state index in [1.54, 1.807) is 12.1 Å². The van der Waals surface area contributed by atoms with Crippen LogP contribution in [0.1, 0.15) is 59.8 Å².